The minimum Gasteiger partial charge on any atom is -0.508 e. The highest BCUT2D eigenvalue weighted by molar-refractivity contribution is 7.92. The Kier molecular flexibility index (Phi) is 4.14. The van der Waals surface area contributed by atoms with E-state index in [1.165, 1.54) is 0 Å². The van der Waals surface area contributed by atoms with Crippen molar-refractivity contribution in [3.05, 3.63) is 54.1 Å². The van der Waals surface area contributed by atoms with Gasteiger partial charge in [0.15, 0.2) is 0 Å². The molecule has 2 rings (SSSR count). The lowest BCUT2D eigenvalue weighted by Crippen LogP contribution is -2.09. The molecule has 20 heavy (non-hydrogen) atoms. The first-order valence-electron chi connectivity index (χ1n) is 6.02. The number of benzene rings is 2. The molecule has 5 nitrogen and oxygen atoms in total. The van der Waals surface area contributed by atoms with Crippen LogP contribution in [-0.2, 0) is 16.6 Å². The van der Waals surface area contributed by atoms with Gasteiger partial charge >= 0.3 is 0 Å². The summed E-state index contributed by atoms with van der Waals surface area (Å²) in [5.74, 6) is 0.219. The predicted molar refractivity (Wildman–Crippen MR) is 80.3 cm³/mol. The van der Waals surface area contributed by atoms with E-state index in [4.69, 9.17) is 0 Å². The normalized spacial score (nSPS) is 11.1. The number of hydrogen-bond donors (Lipinski definition) is 3. The standard InChI is InChI=1S/C14H16N2O3S/c1-20(18,19)16-13-6-3-5-12(9-13)15-10-11-4-2-7-14(17)8-11/h2-9,15-17H,10H2,1H3. The molecule has 0 radical (unpaired) electrons. The molecule has 2 aromatic carbocycles. The maximum absolute atomic E-state index is 11.2. The van der Waals surface area contributed by atoms with Crippen LogP contribution in [0.25, 0.3) is 0 Å². The highest BCUT2D eigenvalue weighted by atomic mass is 32.2. The second-order valence-corrected chi connectivity index (χ2v) is 6.23. The predicted octanol–water partition coefficient (Wildman–Crippen LogP) is 2.38. The summed E-state index contributed by atoms with van der Waals surface area (Å²) in [6.07, 6.45) is 1.11. The summed E-state index contributed by atoms with van der Waals surface area (Å²) in [6.45, 7) is 0.538. The van der Waals surface area contributed by atoms with Crippen molar-refractivity contribution in [1.29, 1.82) is 0 Å². The SMILES string of the molecule is CS(=O)(=O)Nc1cccc(NCc2cccc(O)c2)c1. The van der Waals surface area contributed by atoms with Gasteiger partial charge in [-0.1, -0.05) is 18.2 Å². The smallest absolute Gasteiger partial charge is 0.229 e. The molecular formula is C14H16N2O3S. The maximum atomic E-state index is 11.2. The number of anilines is 2. The zero-order valence-corrected chi connectivity index (χ0v) is 11.8. The number of phenols is 1. The van der Waals surface area contributed by atoms with E-state index in [0.29, 0.717) is 12.2 Å². The van der Waals surface area contributed by atoms with Crippen molar-refractivity contribution in [1.82, 2.24) is 0 Å². The first-order valence-corrected chi connectivity index (χ1v) is 7.91. The minimum atomic E-state index is -3.28. The van der Waals surface area contributed by atoms with Gasteiger partial charge in [-0.25, -0.2) is 8.42 Å². The van der Waals surface area contributed by atoms with Crippen molar-refractivity contribution >= 4 is 21.4 Å². The Morgan fingerprint density at radius 2 is 1.75 bits per heavy atom. The molecule has 2 aromatic rings. The van der Waals surface area contributed by atoms with Crippen molar-refractivity contribution in [2.45, 2.75) is 6.54 Å². The van der Waals surface area contributed by atoms with E-state index >= 15 is 0 Å². The van der Waals surface area contributed by atoms with Crippen molar-refractivity contribution in [2.24, 2.45) is 0 Å². The molecule has 0 fully saturated rings. The molecule has 0 spiro atoms. The molecule has 0 aliphatic rings. The minimum absolute atomic E-state index is 0.219. The van der Waals surface area contributed by atoms with Gasteiger partial charge in [0.1, 0.15) is 5.75 Å². The van der Waals surface area contributed by atoms with Gasteiger partial charge in [0.2, 0.25) is 10.0 Å². The molecule has 0 aromatic heterocycles. The topological polar surface area (TPSA) is 78.4 Å². The molecular weight excluding hydrogens is 276 g/mol. The van der Waals surface area contributed by atoms with Crippen LogP contribution in [0.4, 0.5) is 11.4 Å². The Hall–Kier alpha value is -2.21. The van der Waals surface area contributed by atoms with E-state index in [-0.39, 0.29) is 5.75 Å². The quantitative estimate of drug-likeness (QED) is 0.790. The Labute approximate surface area is 118 Å². The fraction of sp³-hybridized carbons (Fsp3) is 0.143. The van der Waals surface area contributed by atoms with Crippen LogP contribution in [0.1, 0.15) is 5.56 Å². The summed E-state index contributed by atoms with van der Waals surface area (Å²) in [6, 6.07) is 13.9. The number of nitrogens with one attached hydrogen (secondary N) is 2. The Morgan fingerprint density at radius 1 is 1.05 bits per heavy atom. The van der Waals surface area contributed by atoms with Gasteiger partial charge in [-0.3, -0.25) is 4.72 Å². The van der Waals surface area contributed by atoms with Crippen LogP contribution in [0.2, 0.25) is 0 Å². The first-order chi connectivity index (χ1) is 9.42. The van der Waals surface area contributed by atoms with Crippen LogP contribution in [0.3, 0.4) is 0 Å². The molecule has 0 saturated carbocycles. The zero-order chi connectivity index (χ0) is 14.6. The molecule has 0 saturated heterocycles. The molecule has 0 aliphatic carbocycles. The van der Waals surface area contributed by atoms with Gasteiger partial charge in [0, 0.05) is 12.2 Å². The summed E-state index contributed by atoms with van der Waals surface area (Å²) in [7, 11) is -3.28. The lowest BCUT2D eigenvalue weighted by atomic mass is 10.2. The van der Waals surface area contributed by atoms with Crippen LogP contribution in [0.15, 0.2) is 48.5 Å². The fourth-order valence-corrected chi connectivity index (χ4v) is 2.33. The Balaban J connectivity index is 2.05. The summed E-state index contributed by atoms with van der Waals surface area (Å²) in [5, 5.41) is 12.5. The largest absolute Gasteiger partial charge is 0.508 e. The van der Waals surface area contributed by atoms with Crippen LogP contribution in [0.5, 0.6) is 5.75 Å². The van der Waals surface area contributed by atoms with E-state index in [1.54, 1.807) is 36.4 Å². The van der Waals surface area contributed by atoms with E-state index < -0.39 is 10.0 Å². The second-order valence-electron chi connectivity index (χ2n) is 4.48. The van der Waals surface area contributed by atoms with Gasteiger partial charge in [0.05, 0.1) is 11.9 Å². The number of rotatable bonds is 5. The van der Waals surface area contributed by atoms with Crippen molar-refractivity contribution in [3.8, 4) is 5.75 Å². The summed E-state index contributed by atoms with van der Waals surface area (Å²) < 4.78 is 24.8. The van der Waals surface area contributed by atoms with Gasteiger partial charge in [-0.15, -0.1) is 0 Å². The summed E-state index contributed by atoms with van der Waals surface area (Å²) >= 11 is 0. The number of hydrogen-bond acceptors (Lipinski definition) is 4. The number of aromatic hydroxyl groups is 1. The summed E-state index contributed by atoms with van der Waals surface area (Å²) in [4.78, 5) is 0. The summed E-state index contributed by atoms with van der Waals surface area (Å²) in [5.41, 5.74) is 2.24. The van der Waals surface area contributed by atoms with Gasteiger partial charge in [0.25, 0.3) is 0 Å². The molecule has 0 unspecified atom stereocenters. The molecule has 6 heteroatoms. The van der Waals surface area contributed by atoms with Gasteiger partial charge < -0.3 is 10.4 Å². The second kappa shape index (κ2) is 5.83. The molecule has 0 bridgehead atoms. The number of sulfonamides is 1. The van der Waals surface area contributed by atoms with Gasteiger partial charge in [-0.05, 0) is 35.9 Å². The monoisotopic (exact) mass is 292 g/mol. The third-order valence-corrected chi connectivity index (χ3v) is 3.18. The van der Waals surface area contributed by atoms with Crippen molar-refractivity contribution in [3.63, 3.8) is 0 Å². The molecule has 0 amide bonds. The Bertz CT molecular complexity index is 699. The highest BCUT2D eigenvalue weighted by Crippen LogP contribution is 2.18. The van der Waals surface area contributed by atoms with Crippen LogP contribution in [0, 0.1) is 0 Å². The van der Waals surface area contributed by atoms with E-state index in [0.717, 1.165) is 17.5 Å². The average Bonchev–Trinajstić information content (AvgIpc) is 2.35. The lowest BCUT2D eigenvalue weighted by molar-refractivity contribution is 0.474. The van der Waals surface area contributed by atoms with Crippen molar-refractivity contribution in [2.75, 3.05) is 16.3 Å². The van der Waals surface area contributed by atoms with Crippen LogP contribution in [-0.4, -0.2) is 19.8 Å². The number of phenolic OH excluding ortho intramolecular Hbond substituents is 1. The molecule has 106 valence electrons. The van der Waals surface area contributed by atoms with E-state index in [1.807, 2.05) is 12.1 Å². The maximum Gasteiger partial charge on any atom is 0.229 e. The van der Waals surface area contributed by atoms with Crippen LogP contribution >= 0.6 is 0 Å². The average molecular weight is 292 g/mol. The van der Waals surface area contributed by atoms with Crippen LogP contribution < -0.4 is 10.0 Å². The third-order valence-electron chi connectivity index (χ3n) is 2.57. The molecule has 0 heterocycles. The zero-order valence-electron chi connectivity index (χ0n) is 11.0. The molecule has 3 N–H and O–H groups in total. The first kappa shape index (κ1) is 14.2. The lowest BCUT2D eigenvalue weighted by Gasteiger charge is -2.09. The molecule has 0 aliphatic heterocycles. The molecule has 0 atom stereocenters. The van der Waals surface area contributed by atoms with Crippen molar-refractivity contribution < 1.29 is 13.5 Å². The van der Waals surface area contributed by atoms with E-state index in [2.05, 4.69) is 10.0 Å². The highest BCUT2D eigenvalue weighted by Gasteiger charge is 2.02. The van der Waals surface area contributed by atoms with E-state index in [9.17, 15) is 13.5 Å². The third kappa shape index (κ3) is 4.47. The Morgan fingerprint density at radius 3 is 2.45 bits per heavy atom. The fourth-order valence-electron chi connectivity index (χ4n) is 1.78. The van der Waals surface area contributed by atoms with Gasteiger partial charge in [-0.2, -0.15) is 0 Å².